The summed E-state index contributed by atoms with van der Waals surface area (Å²) < 4.78 is 5.30. The number of rotatable bonds is 7. The summed E-state index contributed by atoms with van der Waals surface area (Å²) in [6.45, 7) is 8.37. The predicted molar refractivity (Wildman–Crippen MR) is 116 cm³/mol. The number of ether oxygens (including phenoxy) is 1. The maximum atomic E-state index is 12.6. The van der Waals surface area contributed by atoms with Crippen LogP contribution in [0.15, 0.2) is 24.3 Å². The summed E-state index contributed by atoms with van der Waals surface area (Å²) in [5.41, 5.74) is -3.51. The topological polar surface area (TPSA) is 116 Å². The molecule has 1 aliphatic heterocycles. The Morgan fingerprint density at radius 1 is 1.19 bits per heavy atom. The number of carbonyl (C=O) groups excluding carboxylic acids is 1. The summed E-state index contributed by atoms with van der Waals surface area (Å²) in [5.74, 6) is -3.34. The van der Waals surface area contributed by atoms with Crippen LogP contribution in [0.25, 0.3) is 0 Å². The van der Waals surface area contributed by atoms with Crippen LogP contribution in [-0.4, -0.2) is 56.4 Å². The quantitative estimate of drug-likeness (QED) is 0.574. The first kappa shape index (κ1) is 24.9. The lowest BCUT2D eigenvalue weighted by Gasteiger charge is -2.39. The first-order valence-electron chi connectivity index (χ1n) is 10.3. The van der Waals surface area contributed by atoms with Crippen molar-refractivity contribution in [1.82, 2.24) is 10.2 Å². The smallest absolute Gasteiger partial charge is 0.408 e. The fourth-order valence-electron chi connectivity index (χ4n) is 4.68. The van der Waals surface area contributed by atoms with Crippen molar-refractivity contribution in [2.24, 2.45) is 5.92 Å². The molecule has 1 fully saturated rings. The number of aliphatic carboxylic acids is 2. The molecule has 1 aromatic rings. The molecule has 1 saturated heterocycles. The number of carboxylic acid groups (broad SMARTS) is 2. The van der Waals surface area contributed by atoms with E-state index >= 15 is 0 Å². The molecule has 0 aromatic heterocycles. The molecule has 1 aliphatic rings. The minimum atomic E-state index is -1.84. The average Bonchev–Trinajstić information content (AvgIpc) is 2.92. The van der Waals surface area contributed by atoms with Gasteiger partial charge in [0.05, 0.1) is 0 Å². The standard InChI is InChI=1S/C22H31ClN2O6/c1-6-16-21(17(26)27,24-19(30)31-20(3,4)5)13-25(22(16,7-2)18(28)29)12-14-10-8-9-11-15(14)23/h8-11,16H,6-7,12-13H2,1-5H3,(H,24,30)(H,26,27)(H,28,29)/t16?,21-,22+/m0/s1. The minimum absolute atomic E-state index is 0.126. The number of carboxylic acids is 2. The molecular weight excluding hydrogens is 424 g/mol. The molecule has 3 N–H and O–H groups in total. The van der Waals surface area contributed by atoms with Crippen LogP contribution in [0.3, 0.4) is 0 Å². The largest absolute Gasteiger partial charge is 0.480 e. The van der Waals surface area contributed by atoms with E-state index in [1.165, 1.54) is 0 Å². The molecule has 172 valence electrons. The Labute approximate surface area is 187 Å². The zero-order chi connectivity index (χ0) is 23.6. The van der Waals surface area contributed by atoms with Gasteiger partial charge in [-0.25, -0.2) is 9.59 Å². The number of hydrogen-bond acceptors (Lipinski definition) is 5. The third kappa shape index (κ3) is 4.65. The molecule has 8 nitrogen and oxygen atoms in total. The van der Waals surface area contributed by atoms with Gasteiger partial charge in [-0.15, -0.1) is 0 Å². The molecule has 31 heavy (non-hydrogen) atoms. The highest BCUT2D eigenvalue weighted by atomic mass is 35.5. The number of likely N-dealkylation sites (tertiary alicyclic amines) is 1. The van der Waals surface area contributed by atoms with E-state index in [4.69, 9.17) is 16.3 Å². The Bertz CT molecular complexity index is 855. The second-order valence-corrected chi connectivity index (χ2v) is 9.30. The lowest BCUT2D eigenvalue weighted by atomic mass is 9.72. The fraction of sp³-hybridized carbons (Fsp3) is 0.591. The monoisotopic (exact) mass is 454 g/mol. The summed E-state index contributed by atoms with van der Waals surface area (Å²) in [7, 11) is 0. The molecule has 1 amide bonds. The van der Waals surface area contributed by atoms with Crippen molar-refractivity contribution in [1.29, 1.82) is 0 Å². The second-order valence-electron chi connectivity index (χ2n) is 8.89. The van der Waals surface area contributed by atoms with Crippen molar-refractivity contribution in [2.45, 2.75) is 70.7 Å². The highest BCUT2D eigenvalue weighted by molar-refractivity contribution is 6.31. The molecule has 0 aliphatic carbocycles. The Hall–Kier alpha value is -2.32. The van der Waals surface area contributed by atoms with Crippen molar-refractivity contribution in [3.8, 4) is 0 Å². The molecule has 9 heteroatoms. The van der Waals surface area contributed by atoms with E-state index in [0.29, 0.717) is 10.6 Å². The van der Waals surface area contributed by atoms with Gasteiger partial charge in [0, 0.05) is 24.0 Å². The number of benzene rings is 1. The molecule has 2 rings (SSSR count). The Morgan fingerprint density at radius 3 is 2.26 bits per heavy atom. The van der Waals surface area contributed by atoms with Crippen LogP contribution < -0.4 is 5.32 Å². The third-order valence-electron chi connectivity index (χ3n) is 5.92. The summed E-state index contributed by atoms with van der Waals surface area (Å²) in [5, 5.41) is 23.5. The van der Waals surface area contributed by atoms with Crippen LogP contribution in [-0.2, 0) is 20.9 Å². The SMILES string of the molecule is CCC1[C@](CC)(C(=O)O)N(Cc2ccccc2Cl)C[C@@]1(NC(=O)OC(C)(C)C)C(=O)O. The summed E-state index contributed by atoms with van der Waals surface area (Å²) in [6, 6.07) is 7.02. The average molecular weight is 455 g/mol. The lowest BCUT2D eigenvalue weighted by molar-refractivity contribution is -0.154. The Kier molecular flexibility index (Phi) is 7.28. The number of nitrogens with zero attached hydrogens (tertiary/aromatic N) is 1. The van der Waals surface area contributed by atoms with Gasteiger partial charge in [0.1, 0.15) is 11.1 Å². The maximum absolute atomic E-state index is 12.6. The summed E-state index contributed by atoms with van der Waals surface area (Å²) in [6.07, 6.45) is -0.527. The van der Waals surface area contributed by atoms with Crippen molar-refractivity contribution in [3.63, 3.8) is 0 Å². The van der Waals surface area contributed by atoms with Gasteiger partial charge in [0.15, 0.2) is 5.54 Å². The zero-order valence-corrected chi connectivity index (χ0v) is 19.3. The minimum Gasteiger partial charge on any atom is -0.480 e. The predicted octanol–water partition coefficient (Wildman–Crippen LogP) is 3.76. The van der Waals surface area contributed by atoms with Crippen molar-refractivity contribution in [3.05, 3.63) is 34.9 Å². The van der Waals surface area contributed by atoms with Gasteiger partial charge in [-0.1, -0.05) is 43.6 Å². The van der Waals surface area contributed by atoms with Gasteiger partial charge in [0.2, 0.25) is 0 Å². The molecule has 1 aromatic carbocycles. The molecule has 0 radical (unpaired) electrons. The van der Waals surface area contributed by atoms with Crippen LogP contribution in [0.4, 0.5) is 4.79 Å². The van der Waals surface area contributed by atoms with E-state index in [1.807, 2.05) is 0 Å². The van der Waals surface area contributed by atoms with Gasteiger partial charge in [-0.3, -0.25) is 9.69 Å². The van der Waals surface area contributed by atoms with Crippen molar-refractivity contribution < 1.29 is 29.3 Å². The van der Waals surface area contributed by atoms with Gasteiger partial charge in [-0.2, -0.15) is 0 Å². The van der Waals surface area contributed by atoms with E-state index < -0.39 is 40.6 Å². The summed E-state index contributed by atoms with van der Waals surface area (Å²) in [4.78, 5) is 39.4. The molecule has 0 bridgehead atoms. The van der Waals surface area contributed by atoms with Crippen LogP contribution in [0.1, 0.15) is 53.0 Å². The molecular formula is C22H31ClN2O6. The zero-order valence-electron chi connectivity index (χ0n) is 18.6. The molecule has 1 unspecified atom stereocenters. The fourth-order valence-corrected chi connectivity index (χ4v) is 4.88. The van der Waals surface area contributed by atoms with Crippen LogP contribution in [0.2, 0.25) is 5.02 Å². The van der Waals surface area contributed by atoms with E-state index in [-0.39, 0.29) is 25.9 Å². The highest BCUT2D eigenvalue weighted by Crippen LogP contribution is 2.47. The van der Waals surface area contributed by atoms with Crippen LogP contribution in [0, 0.1) is 5.92 Å². The molecule has 1 heterocycles. The van der Waals surface area contributed by atoms with Crippen LogP contribution >= 0.6 is 11.6 Å². The van der Waals surface area contributed by atoms with Gasteiger partial charge in [0.25, 0.3) is 0 Å². The van der Waals surface area contributed by atoms with Gasteiger partial charge >= 0.3 is 18.0 Å². The first-order chi connectivity index (χ1) is 14.3. The van der Waals surface area contributed by atoms with E-state index in [0.717, 1.165) is 0 Å². The Balaban J connectivity index is 2.58. The van der Waals surface area contributed by atoms with E-state index in [9.17, 15) is 24.6 Å². The lowest BCUT2D eigenvalue weighted by Crippen LogP contribution is -2.63. The number of nitrogens with one attached hydrogen (secondary N) is 1. The molecule has 0 spiro atoms. The number of amides is 1. The van der Waals surface area contributed by atoms with Crippen molar-refractivity contribution in [2.75, 3.05) is 6.54 Å². The molecule has 3 atom stereocenters. The van der Waals surface area contributed by atoms with Crippen LogP contribution in [0.5, 0.6) is 0 Å². The summed E-state index contributed by atoms with van der Waals surface area (Å²) >= 11 is 6.30. The van der Waals surface area contributed by atoms with E-state index in [2.05, 4.69) is 5.32 Å². The third-order valence-corrected chi connectivity index (χ3v) is 6.29. The second kappa shape index (κ2) is 9.04. The maximum Gasteiger partial charge on any atom is 0.408 e. The van der Waals surface area contributed by atoms with Gasteiger partial charge in [-0.05, 0) is 45.2 Å². The molecule has 0 saturated carbocycles. The highest BCUT2D eigenvalue weighted by Gasteiger charge is 2.67. The number of hydrogen-bond donors (Lipinski definition) is 3. The van der Waals surface area contributed by atoms with Crippen molar-refractivity contribution >= 4 is 29.6 Å². The number of alkyl carbamates (subject to hydrolysis) is 1. The normalized spacial score (nSPS) is 26.5. The first-order valence-corrected chi connectivity index (χ1v) is 10.7. The Morgan fingerprint density at radius 2 is 1.81 bits per heavy atom. The number of carbonyl (C=O) groups is 3. The van der Waals surface area contributed by atoms with Gasteiger partial charge < -0.3 is 20.3 Å². The van der Waals surface area contributed by atoms with E-state index in [1.54, 1.807) is 63.8 Å². The number of halogens is 1.